The molecule has 2 saturated carbocycles. The third-order valence-corrected chi connectivity index (χ3v) is 12.4. The number of hydroxylamine groups is 1. The summed E-state index contributed by atoms with van der Waals surface area (Å²) in [5.74, 6) is -0.672. The number of rotatable bonds is 7. The Labute approximate surface area is 213 Å². The smallest absolute Gasteiger partial charge is 0.320 e. The van der Waals surface area contributed by atoms with Crippen LogP contribution in [0, 0.1) is 11.8 Å². The second-order valence-electron chi connectivity index (χ2n) is 11.8. The molecule has 36 heavy (non-hydrogen) atoms. The Morgan fingerprint density at radius 1 is 1.08 bits per heavy atom. The molecular weight excluding hydrogens is 508 g/mol. The number of imide groups is 1. The first-order valence-electron chi connectivity index (χ1n) is 13.1. The number of urea groups is 1. The van der Waals surface area contributed by atoms with E-state index in [1.807, 2.05) is 13.8 Å². The van der Waals surface area contributed by atoms with Gasteiger partial charge in [-0.1, -0.05) is 0 Å². The molecule has 3 aliphatic heterocycles. The largest absolute Gasteiger partial charge is 0.327 e. The molecule has 0 spiro atoms. The first kappa shape index (κ1) is 26.3. The molecule has 5 atom stereocenters. The van der Waals surface area contributed by atoms with Gasteiger partial charge < -0.3 is 4.90 Å². The summed E-state index contributed by atoms with van der Waals surface area (Å²) >= 11 is 0. The molecule has 5 fully saturated rings. The third kappa shape index (κ3) is 5.45. The van der Waals surface area contributed by atoms with E-state index in [-0.39, 0.29) is 66.1 Å². The Hall–Kier alpha value is -1.28. The van der Waals surface area contributed by atoms with E-state index in [0.29, 0.717) is 38.6 Å². The van der Waals surface area contributed by atoms with E-state index in [0.717, 1.165) is 12.8 Å². The highest BCUT2D eigenvalue weighted by molar-refractivity contribution is 7.91. The summed E-state index contributed by atoms with van der Waals surface area (Å²) < 4.78 is 52.9. The molecule has 5 rings (SSSR count). The summed E-state index contributed by atoms with van der Waals surface area (Å²) in [7, 11) is -6.63. The SMILES string of the molecule is CC1CC(CN2C(=O)C3CC(S(=O)(=O)NC4(C)CC4)CCC3N(CC3CCS(=O)(=O)CC3)C2=O)ON1. The standard InChI is InChI=1S/C23H38N4O7S2/c1-15-11-17(34-24-15)14-27-21(28)19-12-18(36(32,33)25-23(2)7-8-23)3-4-20(19)26(22(27)29)13-16-5-9-35(30,31)10-6-16/h15-20,24-25H,3-14H2,1-2H3. The number of amides is 3. The third-order valence-electron chi connectivity index (χ3n) is 8.62. The number of fused-ring (bicyclic) bond motifs is 1. The monoisotopic (exact) mass is 546 g/mol. The van der Waals surface area contributed by atoms with Crippen LogP contribution >= 0.6 is 0 Å². The van der Waals surface area contributed by atoms with Crippen LogP contribution in [0.15, 0.2) is 0 Å². The van der Waals surface area contributed by atoms with Gasteiger partial charge in [0.1, 0.15) is 9.84 Å². The molecule has 0 aromatic rings. The van der Waals surface area contributed by atoms with Gasteiger partial charge in [0.15, 0.2) is 0 Å². The van der Waals surface area contributed by atoms with E-state index in [4.69, 9.17) is 4.84 Å². The van der Waals surface area contributed by atoms with Gasteiger partial charge in [0.25, 0.3) is 0 Å². The fourth-order valence-electron chi connectivity index (χ4n) is 6.14. The highest BCUT2D eigenvalue weighted by Crippen LogP contribution is 2.41. The molecule has 11 nitrogen and oxygen atoms in total. The van der Waals surface area contributed by atoms with Gasteiger partial charge in [0.05, 0.1) is 35.3 Å². The number of carbonyl (C=O) groups is 2. The molecule has 0 bridgehead atoms. The van der Waals surface area contributed by atoms with Gasteiger partial charge >= 0.3 is 6.03 Å². The lowest BCUT2D eigenvalue weighted by Gasteiger charge is -2.49. The number of sulfonamides is 1. The second kappa shape index (κ2) is 9.48. The molecule has 3 saturated heterocycles. The van der Waals surface area contributed by atoms with Crippen molar-refractivity contribution in [3.63, 3.8) is 0 Å². The van der Waals surface area contributed by atoms with E-state index < -0.39 is 31.0 Å². The minimum Gasteiger partial charge on any atom is -0.320 e. The van der Waals surface area contributed by atoms with Crippen LogP contribution in [0.3, 0.4) is 0 Å². The summed E-state index contributed by atoms with van der Waals surface area (Å²) in [4.78, 5) is 35.8. The lowest BCUT2D eigenvalue weighted by atomic mass is 9.80. The van der Waals surface area contributed by atoms with E-state index in [9.17, 15) is 26.4 Å². The molecule has 3 amide bonds. The predicted molar refractivity (Wildman–Crippen MR) is 132 cm³/mol. The summed E-state index contributed by atoms with van der Waals surface area (Å²) in [6.07, 6.45) is 3.92. The average Bonchev–Trinajstić information content (AvgIpc) is 3.38. The van der Waals surface area contributed by atoms with Crippen molar-refractivity contribution in [3.8, 4) is 0 Å². The molecule has 0 aromatic heterocycles. The topological polar surface area (TPSA) is 142 Å². The molecule has 3 heterocycles. The van der Waals surface area contributed by atoms with Gasteiger partial charge in [-0.05, 0) is 71.1 Å². The molecule has 0 aromatic carbocycles. The van der Waals surface area contributed by atoms with Crippen molar-refractivity contribution >= 4 is 31.8 Å². The predicted octanol–water partition coefficient (Wildman–Crippen LogP) is 0.767. The lowest BCUT2D eigenvalue weighted by molar-refractivity contribution is -0.142. The zero-order chi connectivity index (χ0) is 25.9. The van der Waals surface area contributed by atoms with Crippen molar-refractivity contribution in [1.29, 1.82) is 0 Å². The van der Waals surface area contributed by atoms with E-state index in [2.05, 4.69) is 10.2 Å². The maximum Gasteiger partial charge on any atom is 0.327 e. The Bertz CT molecular complexity index is 1090. The number of hydrogen-bond donors (Lipinski definition) is 2. The van der Waals surface area contributed by atoms with Gasteiger partial charge in [-0.3, -0.25) is 14.5 Å². The van der Waals surface area contributed by atoms with Crippen molar-refractivity contribution in [1.82, 2.24) is 20.0 Å². The molecule has 5 aliphatic rings. The van der Waals surface area contributed by atoms with Crippen LogP contribution in [0.1, 0.15) is 65.2 Å². The van der Waals surface area contributed by atoms with Gasteiger partial charge in [0.2, 0.25) is 15.9 Å². The van der Waals surface area contributed by atoms with E-state index >= 15 is 0 Å². The first-order chi connectivity index (χ1) is 16.9. The fourth-order valence-corrected chi connectivity index (χ4v) is 9.70. The summed E-state index contributed by atoms with van der Waals surface area (Å²) in [6.45, 7) is 4.35. The van der Waals surface area contributed by atoms with Crippen LogP contribution in [0.25, 0.3) is 0 Å². The minimum absolute atomic E-state index is 0.0375. The first-order valence-corrected chi connectivity index (χ1v) is 16.5. The van der Waals surface area contributed by atoms with Crippen molar-refractivity contribution in [3.05, 3.63) is 0 Å². The molecule has 13 heteroatoms. The average molecular weight is 547 g/mol. The minimum atomic E-state index is -3.60. The molecular formula is C23H38N4O7S2. The number of carbonyl (C=O) groups excluding carboxylic acids is 2. The maximum atomic E-state index is 13.6. The molecule has 2 aliphatic carbocycles. The molecule has 204 valence electrons. The molecule has 5 unspecified atom stereocenters. The Morgan fingerprint density at radius 3 is 2.39 bits per heavy atom. The Morgan fingerprint density at radius 2 is 1.78 bits per heavy atom. The van der Waals surface area contributed by atoms with Gasteiger partial charge in [-0.15, -0.1) is 0 Å². The summed E-state index contributed by atoms with van der Waals surface area (Å²) in [5.41, 5.74) is 2.49. The quantitative estimate of drug-likeness (QED) is 0.477. The van der Waals surface area contributed by atoms with Crippen molar-refractivity contribution in [2.75, 3.05) is 24.6 Å². The second-order valence-corrected chi connectivity index (χ2v) is 16.1. The van der Waals surface area contributed by atoms with Crippen LogP contribution in [0.5, 0.6) is 0 Å². The van der Waals surface area contributed by atoms with Crippen LogP contribution in [-0.2, 0) is 29.5 Å². The normalized spacial score (nSPS) is 36.7. The number of nitrogens with one attached hydrogen (secondary N) is 2. The summed E-state index contributed by atoms with van der Waals surface area (Å²) in [5, 5.41) is -0.679. The highest BCUT2D eigenvalue weighted by Gasteiger charge is 2.53. The van der Waals surface area contributed by atoms with Crippen molar-refractivity contribution in [2.45, 2.75) is 94.2 Å². The number of hydrogen-bond acceptors (Lipinski definition) is 8. The van der Waals surface area contributed by atoms with Crippen LogP contribution in [0.4, 0.5) is 4.79 Å². The van der Waals surface area contributed by atoms with Crippen molar-refractivity contribution < 1.29 is 31.3 Å². The maximum absolute atomic E-state index is 13.6. The Balaban J connectivity index is 1.36. The van der Waals surface area contributed by atoms with E-state index in [1.54, 1.807) is 4.90 Å². The van der Waals surface area contributed by atoms with Gasteiger partial charge in [0, 0.05) is 24.2 Å². The van der Waals surface area contributed by atoms with Gasteiger partial charge in [-0.25, -0.2) is 26.4 Å². The van der Waals surface area contributed by atoms with Gasteiger partial charge in [-0.2, -0.15) is 5.48 Å². The lowest BCUT2D eigenvalue weighted by Crippen LogP contribution is -2.65. The fraction of sp³-hybridized carbons (Fsp3) is 0.913. The Kier molecular flexibility index (Phi) is 6.93. The highest BCUT2D eigenvalue weighted by atomic mass is 32.2. The molecule has 0 radical (unpaired) electrons. The summed E-state index contributed by atoms with van der Waals surface area (Å²) in [6, 6.07) is -0.635. The van der Waals surface area contributed by atoms with Crippen LogP contribution in [-0.4, -0.2) is 92.1 Å². The number of sulfone groups is 1. The van der Waals surface area contributed by atoms with Crippen LogP contribution < -0.4 is 10.2 Å². The molecule has 2 N–H and O–H groups in total. The zero-order valence-corrected chi connectivity index (χ0v) is 22.7. The van der Waals surface area contributed by atoms with Crippen LogP contribution in [0.2, 0.25) is 0 Å². The number of nitrogens with zero attached hydrogens (tertiary/aromatic N) is 2. The van der Waals surface area contributed by atoms with E-state index in [1.165, 1.54) is 4.90 Å². The van der Waals surface area contributed by atoms with Crippen molar-refractivity contribution in [2.24, 2.45) is 11.8 Å². The zero-order valence-electron chi connectivity index (χ0n) is 21.0.